The molecule has 0 saturated heterocycles. The summed E-state index contributed by atoms with van der Waals surface area (Å²) < 4.78 is 1.01. The standard InChI is InChI=1S/C13H21BrN2O/c1-2-3-11(4-5-17)7-15-8-12-6-13(14)10-16-9-12/h6,9-11,15,17H,2-5,7-8H2,1H3. The Morgan fingerprint density at radius 1 is 1.41 bits per heavy atom. The van der Waals surface area contributed by atoms with Gasteiger partial charge in [-0.25, -0.2) is 0 Å². The van der Waals surface area contributed by atoms with Gasteiger partial charge in [0.2, 0.25) is 0 Å². The smallest absolute Gasteiger partial charge is 0.0434 e. The molecular formula is C13H21BrN2O. The third-order valence-electron chi connectivity index (χ3n) is 2.76. The Balaban J connectivity index is 2.30. The second-order valence-electron chi connectivity index (χ2n) is 4.31. The summed E-state index contributed by atoms with van der Waals surface area (Å²) in [5.41, 5.74) is 1.18. The van der Waals surface area contributed by atoms with Gasteiger partial charge < -0.3 is 10.4 Å². The molecule has 0 bridgehead atoms. The SMILES string of the molecule is CCCC(CCO)CNCc1cncc(Br)c1. The molecule has 0 fully saturated rings. The van der Waals surface area contributed by atoms with Crippen molar-refractivity contribution in [2.45, 2.75) is 32.7 Å². The number of aliphatic hydroxyl groups is 1. The van der Waals surface area contributed by atoms with Crippen LogP contribution in [0.15, 0.2) is 22.9 Å². The number of rotatable bonds is 8. The molecule has 1 heterocycles. The molecule has 1 atom stereocenters. The summed E-state index contributed by atoms with van der Waals surface area (Å²) in [4.78, 5) is 4.13. The van der Waals surface area contributed by atoms with Gasteiger partial charge >= 0.3 is 0 Å². The first-order valence-electron chi connectivity index (χ1n) is 6.17. The molecule has 0 aliphatic carbocycles. The maximum atomic E-state index is 8.97. The maximum absolute atomic E-state index is 8.97. The van der Waals surface area contributed by atoms with Gasteiger partial charge in [-0.2, -0.15) is 0 Å². The molecule has 1 aromatic heterocycles. The summed E-state index contributed by atoms with van der Waals surface area (Å²) in [5.74, 6) is 0.574. The van der Waals surface area contributed by atoms with Crippen LogP contribution in [0.5, 0.6) is 0 Å². The van der Waals surface area contributed by atoms with Crippen LogP contribution in [0.25, 0.3) is 0 Å². The van der Waals surface area contributed by atoms with Gasteiger partial charge in [0.25, 0.3) is 0 Å². The molecular weight excluding hydrogens is 280 g/mol. The Hall–Kier alpha value is -0.450. The molecule has 17 heavy (non-hydrogen) atoms. The molecule has 96 valence electrons. The zero-order chi connectivity index (χ0) is 12.5. The van der Waals surface area contributed by atoms with Crippen LogP contribution in [-0.2, 0) is 6.54 Å². The van der Waals surface area contributed by atoms with Gasteiger partial charge in [0.1, 0.15) is 0 Å². The second kappa shape index (κ2) is 8.61. The van der Waals surface area contributed by atoms with Gasteiger partial charge in [-0.05, 0) is 52.9 Å². The van der Waals surface area contributed by atoms with Crippen molar-refractivity contribution in [3.63, 3.8) is 0 Å². The van der Waals surface area contributed by atoms with Gasteiger partial charge in [0.15, 0.2) is 0 Å². The molecule has 3 nitrogen and oxygen atoms in total. The van der Waals surface area contributed by atoms with Crippen LogP contribution in [0.2, 0.25) is 0 Å². The molecule has 0 amide bonds. The van der Waals surface area contributed by atoms with Crippen LogP contribution in [0.1, 0.15) is 31.7 Å². The molecule has 0 aliphatic heterocycles. The quantitative estimate of drug-likeness (QED) is 0.776. The minimum Gasteiger partial charge on any atom is -0.396 e. The van der Waals surface area contributed by atoms with Gasteiger partial charge in [-0.15, -0.1) is 0 Å². The number of aromatic nitrogens is 1. The first-order chi connectivity index (χ1) is 8.26. The van der Waals surface area contributed by atoms with Crippen molar-refractivity contribution in [2.75, 3.05) is 13.2 Å². The molecule has 1 rings (SSSR count). The van der Waals surface area contributed by atoms with E-state index in [2.05, 4.69) is 39.2 Å². The van der Waals surface area contributed by atoms with E-state index < -0.39 is 0 Å². The minimum atomic E-state index is 0.283. The average Bonchev–Trinajstić information content (AvgIpc) is 2.30. The van der Waals surface area contributed by atoms with Crippen LogP contribution in [0.3, 0.4) is 0 Å². The lowest BCUT2D eigenvalue weighted by Crippen LogP contribution is -2.23. The number of nitrogens with zero attached hydrogens (tertiary/aromatic N) is 1. The summed E-state index contributed by atoms with van der Waals surface area (Å²) in [6.07, 6.45) is 6.89. The monoisotopic (exact) mass is 300 g/mol. The summed E-state index contributed by atoms with van der Waals surface area (Å²) in [5, 5.41) is 12.4. The van der Waals surface area contributed by atoms with Gasteiger partial charge in [-0.3, -0.25) is 4.98 Å². The Morgan fingerprint density at radius 3 is 2.88 bits per heavy atom. The fourth-order valence-corrected chi connectivity index (χ4v) is 2.32. The fraction of sp³-hybridized carbons (Fsp3) is 0.615. The van der Waals surface area contributed by atoms with Gasteiger partial charge in [0, 0.05) is 30.0 Å². The highest BCUT2D eigenvalue weighted by molar-refractivity contribution is 9.10. The third kappa shape index (κ3) is 6.15. The van der Waals surface area contributed by atoms with Crippen molar-refractivity contribution in [1.82, 2.24) is 10.3 Å². The van der Waals surface area contributed by atoms with E-state index in [-0.39, 0.29) is 6.61 Å². The third-order valence-corrected chi connectivity index (χ3v) is 3.19. The first-order valence-corrected chi connectivity index (χ1v) is 6.96. The lowest BCUT2D eigenvalue weighted by Gasteiger charge is -2.15. The average molecular weight is 301 g/mol. The number of aliphatic hydroxyl groups excluding tert-OH is 1. The number of nitrogens with one attached hydrogen (secondary N) is 1. The summed E-state index contributed by atoms with van der Waals surface area (Å²) in [7, 11) is 0. The zero-order valence-corrected chi connectivity index (χ0v) is 11.9. The summed E-state index contributed by atoms with van der Waals surface area (Å²) in [6.45, 7) is 4.26. The van der Waals surface area contributed by atoms with E-state index in [1.165, 1.54) is 18.4 Å². The van der Waals surface area contributed by atoms with Crippen LogP contribution in [0, 0.1) is 5.92 Å². The van der Waals surface area contributed by atoms with Gasteiger partial charge in [-0.1, -0.05) is 13.3 Å². The number of hydrogen-bond donors (Lipinski definition) is 2. The van der Waals surface area contributed by atoms with Crippen molar-refractivity contribution in [3.05, 3.63) is 28.5 Å². The molecule has 0 radical (unpaired) electrons. The highest BCUT2D eigenvalue weighted by atomic mass is 79.9. The van der Waals surface area contributed by atoms with Crippen molar-refractivity contribution in [3.8, 4) is 0 Å². The van der Waals surface area contributed by atoms with E-state index in [4.69, 9.17) is 5.11 Å². The van der Waals surface area contributed by atoms with Crippen LogP contribution in [-0.4, -0.2) is 23.2 Å². The molecule has 2 N–H and O–H groups in total. The van der Waals surface area contributed by atoms with E-state index in [9.17, 15) is 0 Å². The van der Waals surface area contributed by atoms with E-state index in [1.54, 1.807) is 6.20 Å². The normalized spacial score (nSPS) is 12.6. The predicted molar refractivity (Wildman–Crippen MR) is 73.7 cm³/mol. The topological polar surface area (TPSA) is 45.1 Å². The lowest BCUT2D eigenvalue weighted by atomic mass is 10.0. The highest BCUT2D eigenvalue weighted by Gasteiger charge is 2.06. The van der Waals surface area contributed by atoms with Crippen LogP contribution < -0.4 is 5.32 Å². The molecule has 0 aliphatic rings. The van der Waals surface area contributed by atoms with Crippen molar-refractivity contribution >= 4 is 15.9 Å². The highest BCUT2D eigenvalue weighted by Crippen LogP contribution is 2.11. The van der Waals surface area contributed by atoms with E-state index in [1.807, 2.05) is 6.20 Å². The Morgan fingerprint density at radius 2 is 2.24 bits per heavy atom. The summed E-state index contributed by atoms with van der Waals surface area (Å²) in [6, 6.07) is 2.07. The maximum Gasteiger partial charge on any atom is 0.0434 e. The second-order valence-corrected chi connectivity index (χ2v) is 5.22. The largest absolute Gasteiger partial charge is 0.396 e. The zero-order valence-electron chi connectivity index (χ0n) is 10.3. The van der Waals surface area contributed by atoms with E-state index in [0.717, 1.165) is 24.0 Å². The van der Waals surface area contributed by atoms with Gasteiger partial charge in [0.05, 0.1) is 0 Å². The van der Waals surface area contributed by atoms with E-state index in [0.29, 0.717) is 5.92 Å². The Bertz CT molecular complexity index is 314. The van der Waals surface area contributed by atoms with Crippen molar-refractivity contribution in [1.29, 1.82) is 0 Å². The number of pyridine rings is 1. The van der Waals surface area contributed by atoms with E-state index >= 15 is 0 Å². The van der Waals surface area contributed by atoms with Crippen LogP contribution in [0.4, 0.5) is 0 Å². The Kier molecular flexibility index (Phi) is 7.40. The summed E-state index contributed by atoms with van der Waals surface area (Å²) >= 11 is 3.41. The van der Waals surface area contributed by atoms with Crippen molar-refractivity contribution < 1.29 is 5.11 Å². The lowest BCUT2D eigenvalue weighted by molar-refractivity contribution is 0.248. The molecule has 4 heteroatoms. The fourth-order valence-electron chi connectivity index (χ4n) is 1.91. The molecule has 1 aromatic rings. The van der Waals surface area contributed by atoms with Crippen LogP contribution >= 0.6 is 15.9 Å². The van der Waals surface area contributed by atoms with Crippen molar-refractivity contribution in [2.24, 2.45) is 5.92 Å². The molecule has 1 unspecified atom stereocenters. The minimum absolute atomic E-state index is 0.283. The predicted octanol–water partition coefficient (Wildman–Crippen LogP) is 2.73. The molecule has 0 saturated carbocycles. The number of halogens is 1. The molecule has 0 spiro atoms. The molecule has 0 aromatic carbocycles. The Labute approximate surface area is 112 Å². The first kappa shape index (κ1) is 14.6. The number of hydrogen-bond acceptors (Lipinski definition) is 3.